The first kappa shape index (κ1) is 12.4. The van der Waals surface area contributed by atoms with Crippen molar-refractivity contribution in [3.05, 3.63) is 40.6 Å². The molecule has 0 atom stereocenters. The number of nitrogens with zero attached hydrogens (tertiary/aromatic N) is 1. The summed E-state index contributed by atoms with van der Waals surface area (Å²) in [5.74, 6) is 1.22. The summed E-state index contributed by atoms with van der Waals surface area (Å²) in [5.41, 5.74) is 6.16. The smallest absolute Gasteiger partial charge is 0.0711 e. The fourth-order valence-corrected chi connectivity index (χ4v) is 2.27. The Bertz CT molecular complexity index is 558. The summed E-state index contributed by atoms with van der Waals surface area (Å²) in [6.45, 7) is 8.64. The van der Waals surface area contributed by atoms with Gasteiger partial charge in [-0.05, 0) is 54.7 Å². The Hall–Kier alpha value is -1.02. The summed E-state index contributed by atoms with van der Waals surface area (Å²) in [4.78, 5) is 4.75. The van der Waals surface area contributed by atoms with Gasteiger partial charge in [-0.15, -0.1) is 0 Å². The molecule has 0 saturated heterocycles. The molecule has 0 aliphatic heterocycles. The van der Waals surface area contributed by atoms with Crippen LogP contribution in [0.1, 0.15) is 42.1 Å². The lowest BCUT2D eigenvalue weighted by Crippen LogP contribution is -1.97. The van der Waals surface area contributed by atoms with Crippen molar-refractivity contribution in [3.8, 4) is 0 Å². The van der Waals surface area contributed by atoms with Crippen LogP contribution in [0.25, 0.3) is 10.9 Å². The van der Waals surface area contributed by atoms with Gasteiger partial charge in [-0.1, -0.05) is 13.8 Å². The van der Waals surface area contributed by atoms with E-state index in [4.69, 9.17) is 4.98 Å². The van der Waals surface area contributed by atoms with Gasteiger partial charge in [0.2, 0.25) is 0 Å². The molecule has 1 heterocycles. The third kappa shape index (κ3) is 2.32. The molecule has 0 aliphatic carbocycles. The summed E-state index contributed by atoms with van der Waals surface area (Å²) in [7, 11) is 0. The fourth-order valence-electron chi connectivity index (χ4n) is 2.00. The van der Waals surface area contributed by atoms with Gasteiger partial charge < -0.3 is 0 Å². The molecule has 0 spiro atoms. The maximum Gasteiger partial charge on any atom is 0.0711 e. The van der Waals surface area contributed by atoms with Crippen LogP contribution in [0.5, 0.6) is 0 Å². The Morgan fingerprint density at radius 1 is 1.12 bits per heavy atom. The topological polar surface area (TPSA) is 12.9 Å². The Morgan fingerprint density at radius 3 is 2.35 bits per heavy atom. The molecule has 90 valence electrons. The molecular weight excluding hydrogens is 226 g/mol. The number of benzene rings is 1. The van der Waals surface area contributed by atoms with Crippen LogP contribution < -0.4 is 0 Å². The van der Waals surface area contributed by atoms with Crippen molar-refractivity contribution < 1.29 is 0 Å². The third-order valence-corrected chi connectivity index (χ3v) is 3.63. The number of aryl methyl sites for hydroxylation is 2. The Labute approximate surface area is 109 Å². The maximum absolute atomic E-state index is 4.75. The molecular formula is C15H19NS. The fraction of sp³-hybridized carbons (Fsp3) is 0.400. The third-order valence-electron chi connectivity index (χ3n) is 3.29. The van der Waals surface area contributed by atoms with Crippen molar-refractivity contribution >= 4 is 23.5 Å². The van der Waals surface area contributed by atoms with Gasteiger partial charge in [0.05, 0.1) is 5.52 Å². The number of aromatic nitrogens is 1. The summed E-state index contributed by atoms with van der Waals surface area (Å²) in [6.07, 6.45) is 0. The number of fused-ring (bicyclic) bond motifs is 1. The molecule has 2 aromatic rings. The lowest BCUT2D eigenvalue weighted by atomic mass is 10.00. The second kappa shape index (κ2) is 4.69. The number of pyridine rings is 1. The second-order valence-electron chi connectivity index (χ2n) is 4.97. The predicted molar refractivity (Wildman–Crippen MR) is 78.0 cm³/mol. The van der Waals surface area contributed by atoms with Crippen LogP contribution in [-0.4, -0.2) is 4.98 Å². The number of hydrogen-bond donors (Lipinski definition) is 1. The highest BCUT2D eigenvalue weighted by Gasteiger charge is 2.08. The molecule has 0 radical (unpaired) electrons. The van der Waals surface area contributed by atoms with Gasteiger partial charge in [0, 0.05) is 16.8 Å². The molecule has 1 aromatic carbocycles. The average Bonchev–Trinajstić information content (AvgIpc) is 2.29. The average molecular weight is 245 g/mol. The lowest BCUT2D eigenvalue weighted by Gasteiger charge is -2.12. The van der Waals surface area contributed by atoms with Crippen LogP contribution in [0, 0.1) is 13.8 Å². The zero-order valence-corrected chi connectivity index (χ0v) is 11.8. The quantitative estimate of drug-likeness (QED) is 0.774. The lowest BCUT2D eigenvalue weighted by molar-refractivity contribution is 0.828. The molecule has 1 nitrogen and oxygen atoms in total. The number of rotatable bonds is 2. The van der Waals surface area contributed by atoms with Gasteiger partial charge in [-0.2, -0.15) is 12.6 Å². The highest BCUT2D eigenvalue weighted by Crippen LogP contribution is 2.26. The zero-order valence-electron chi connectivity index (χ0n) is 10.9. The molecule has 17 heavy (non-hydrogen) atoms. The summed E-state index contributed by atoms with van der Waals surface area (Å²) in [5, 5.41) is 1.24. The molecule has 0 fully saturated rings. The normalized spacial score (nSPS) is 11.4. The van der Waals surface area contributed by atoms with Crippen LogP contribution in [0.4, 0.5) is 0 Å². The summed E-state index contributed by atoms with van der Waals surface area (Å²) < 4.78 is 0. The van der Waals surface area contributed by atoms with E-state index in [0.29, 0.717) is 5.92 Å². The van der Waals surface area contributed by atoms with Crippen molar-refractivity contribution in [1.29, 1.82) is 0 Å². The van der Waals surface area contributed by atoms with Crippen LogP contribution in [0.2, 0.25) is 0 Å². The molecule has 0 N–H and O–H groups in total. The number of hydrogen-bond acceptors (Lipinski definition) is 2. The maximum atomic E-state index is 4.75. The number of thiol groups is 1. The van der Waals surface area contributed by atoms with E-state index in [1.165, 1.54) is 22.1 Å². The summed E-state index contributed by atoms with van der Waals surface area (Å²) in [6, 6.07) is 6.60. The van der Waals surface area contributed by atoms with Crippen LogP contribution >= 0.6 is 12.6 Å². The van der Waals surface area contributed by atoms with Crippen LogP contribution in [-0.2, 0) is 5.75 Å². The minimum absolute atomic E-state index is 0.458. The summed E-state index contributed by atoms with van der Waals surface area (Å²) >= 11 is 4.43. The minimum Gasteiger partial charge on any atom is -0.253 e. The first-order valence-electron chi connectivity index (χ1n) is 6.04. The van der Waals surface area contributed by atoms with Crippen LogP contribution in [0.15, 0.2) is 18.2 Å². The Kier molecular flexibility index (Phi) is 3.43. The first-order valence-corrected chi connectivity index (χ1v) is 6.67. The van der Waals surface area contributed by atoms with Gasteiger partial charge in [0.25, 0.3) is 0 Å². The van der Waals surface area contributed by atoms with Crippen molar-refractivity contribution in [2.45, 2.75) is 39.4 Å². The molecule has 0 bridgehead atoms. The van der Waals surface area contributed by atoms with E-state index < -0.39 is 0 Å². The SMILES string of the molecule is Cc1cc2nc(C(C)C)cc(CS)c2cc1C. The van der Waals surface area contributed by atoms with E-state index in [9.17, 15) is 0 Å². The first-order chi connectivity index (χ1) is 8.02. The van der Waals surface area contributed by atoms with Gasteiger partial charge in [0.1, 0.15) is 0 Å². The van der Waals surface area contributed by atoms with Crippen LogP contribution in [0.3, 0.4) is 0 Å². The van der Waals surface area contributed by atoms with E-state index in [2.05, 4.69) is 58.5 Å². The second-order valence-corrected chi connectivity index (χ2v) is 5.29. The molecule has 0 aliphatic rings. The standard InChI is InChI=1S/C15H19NS/c1-9(2)14-7-12(8-17)13-5-10(3)11(4)6-15(13)16-14/h5-7,9,17H,8H2,1-4H3. The zero-order chi connectivity index (χ0) is 12.6. The van der Waals surface area contributed by atoms with Gasteiger partial charge >= 0.3 is 0 Å². The van der Waals surface area contributed by atoms with E-state index in [0.717, 1.165) is 17.0 Å². The van der Waals surface area contributed by atoms with Gasteiger partial charge in [-0.3, -0.25) is 4.98 Å². The minimum atomic E-state index is 0.458. The van der Waals surface area contributed by atoms with E-state index in [1.807, 2.05) is 0 Å². The Balaban J connectivity index is 2.78. The van der Waals surface area contributed by atoms with Gasteiger partial charge in [0.15, 0.2) is 0 Å². The predicted octanol–water partition coefficient (Wildman–Crippen LogP) is 4.40. The molecule has 0 unspecified atom stereocenters. The molecule has 2 rings (SSSR count). The highest BCUT2D eigenvalue weighted by atomic mass is 32.1. The molecule has 1 aromatic heterocycles. The van der Waals surface area contributed by atoms with E-state index >= 15 is 0 Å². The van der Waals surface area contributed by atoms with Crippen molar-refractivity contribution in [2.75, 3.05) is 0 Å². The molecule has 2 heteroatoms. The molecule has 0 amide bonds. The van der Waals surface area contributed by atoms with Crippen molar-refractivity contribution in [2.24, 2.45) is 0 Å². The largest absolute Gasteiger partial charge is 0.253 e. The monoisotopic (exact) mass is 245 g/mol. The Morgan fingerprint density at radius 2 is 1.76 bits per heavy atom. The van der Waals surface area contributed by atoms with E-state index in [-0.39, 0.29) is 0 Å². The van der Waals surface area contributed by atoms with E-state index in [1.54, 1.807) is 0 Å². The van der Waals surface area contributed by atoms with Crippen molar-refractivity contribution in [3.63, 3.8) is 0 Å². The van der Waals surface area contributed by atoms with Crippen molar-refractivity contribution in [1.82, 2.24) is 4.98 Å². The molecule has 0 saturated carbocycles. The highest BCUT2D eigenvalue weighted by molar-refractivity contribution is 7.79. The van der Waals surface area contributed by atoms with Gasteiger partial charge in [-0.25, -0.2) is 0 Å².